The summed E-state index contributed by atoms with van der Waals surface area (Å²) in [5.74, 6) is 1.49. The van der Waals surface area contributed by atoms with Crippen LogP contribution in [0.15, 0.2) is 53.8 Å². The van der Waals surface area contributed by atoms with E-state index in [-0.39, 0.29) is 4.90 Å². The molecule has 0 bridgehead atoms. The van der Waals surface area contributed by atoms with Crippen LogP contribution in [-0.2, 0) is 10.0 Å². The highest BCUT2D eigenvalue weighted by Gasteiger charge is 2.17. The second-order valence-electron chi connectivity index (χ2n) is 5.62. The molecule has 124 valence electrons. The van der Waals surface area contributed by atoms with Crippen molar-refractivity contribution in [2.24, 2.45) is 0 Å². The molecule has 0 spiro atoms. The minimum Gasteiger partial charge on any atom is -0.288 e. The van der Waals surface area contributed by atoms with Crippen molar-refractivity contribution < 1.29 is 8.42 Å². The fourth-order valence-electron chi connectivity index (χ4n) is 2.42. The molecule has 0 fully saturated rings. The van der Waals surface area contributed by atoms with Gasteiger partial charge in [-0.3, -0.25) is 9.29 Å². The normalized spacial score (nSPS) is 11.5. The third-order valence-electron chi connectivity index (χ3n) is 3.71. The van der Waals surface area contributed by atoms with Crippen molar-refractivity contribution in [3.05, 3.63) is 65.9 Å². The molecule has 6 nitrogen and oxygen atoms in total. The van der Waals surface area contributed by atoms with Gasteiger partial charge in [-0.05, 0) is 50.1 Å². The molecule has 0 aliphatic carbocycles. The summed E-state index contributed by atoms with van der Waals surface area (Å²) in [7, 11) is -3.65. The number of aryl methyl sites for hydroxylation is 3. The van der Waals surface area contributed by atoms with Crippen LogP contribution in [0.25, 0.3) is 5.82 Å². The van der Waals surface area contributed by atoms with Gasteiger partial charge in [-0.25, -0.2) is 18.4 Å². The molecule has 24 heavy (non-hydrogen) atoms. The van der Waals surface area contributed by atoms with Crippen LogP contribution in [0.5, 0.6) is 0 Å². The van der Waals surface area contributed by atoms with E-state index >= 15 is 0 Å². The van der Waals surface area contributed by atoms with Crippen LogP contribution in [0.1, 0.15) is 17.0 Å². The Bertz CT molecular complexity index is 976. The van der Waals surface area contributed by atoms with E-state index in [1.807, 2.05) is 24.5 Å². The van der Waals surface area contributed by atoms with Crippen LogP contribution in [0.4, 0.5) is 5.69 Å². The SMILES string of the molecule is Cc1ccc(C)c(S(=O)(=O)Nc2ccc(-n3ccnc3C)nc2)c1. The zero-order valence-electron chi connectivity index (χ0n) is 13.7. The number of nitrogens with one attached hydrogen (secondary N) is 1. The van der Waals surface area contributed by atoms with Crippen molar-refractivity contribution in [1.29, 1.82) is 0 Å². The van der Waals surface area contributed by atoms with Gasteiger partial charge in [0.25, 0.3) is 10.0 Å². The lowest BCUT2D eigenvalue weighted by atomic mass is 10.2. The van der Waals surface area contributed by atoms with E-state index in [0.717, 1.165) is 11.4 Å². The minimum atomic E-state index is -3.65. The average molecular weight is 342 g/mol. The van der Waals surface area contributed by atoms with Gasteiger partial charge in [0, 0.05) is 12.4 Å². The Balaban J connectivity index is 1.88. The largest absolute Gasteiger partial charge is 0.288 e. The summed E-state index contributed by atoms with van der Waals surface area (Å²) < 4.78 is 29.6. The quantitative estimate of drug-likeness (QED) is 0.791. The predicted molar refractivity (Wildman–Crippen MR) is 92.8 cm³/mol. The summed E-state index contributed by atoms with van der Waals surface area (Å²) in [6.45, 7) is 5.51. The highest BCUT2D eigenvalue weighted by molar-refractivity contribution is 7.92. The number of benzene rings is 1. The zero-order valence-corrected chi connectivity index (χ0v) is 14.5. The van der Waals surface area contributed by atoms with E-state index in [4.69, 9.17) is 0 Å². The molecule has 0 unspecified atom stereocenters. The Kier molecular flexibility index (Phi) is 4.11. The molecule has 0 saturated carbocycles. The molecule has 0 aliphatic rings. The van der Waals surface area contributed by atoms with Gasteiger partial charge in [0.05, 0.1) is 16.8 Å². The van der Waals surface area contributed by atoms with Gasteiger partial charge in [0.2, 0.25) is 0 Å². The van der Waals surface area contributed by atoms with Crippen LogP contribution in [-0.4, -0.2) is 23.0 Å². The highest BCUT2D eigenvalue weighted by Crippen LogP contribution is 2.21. The number of hydrogen-bond acceptors (Lipinski definition) is 4. The van der Waals surface area contributed by atoms with Crippen molar-refractivity contribution in [2.75, 3.05) is 4.72 Å². The van der Waals surface area contributed by atoms with Crippen LogP contribution in [0.2, 0.25) is 0 Å². The molecule has 7 heteroatoms. The monoisotopic (exact) mass is 342 g/mol. The molecular weight excluding hydrogens is 324 g/mol. The first-order chi connectivity index (χ1) is 11.4. The van der Waals surface area contributed by atoms with E-state index in [2.05, 4.69) is 14.7 Å². The molecule has 1 N–H and O–H groups in total. The smallest absolute Gasteiger partial charge is 0.262 e. The maximum absolute atomic E-state index is 12.6. The molecule has 2 heterocycles. The molecule has 0 radical (unpaired) electrons. The first-order valence-electron chi connectivity index (χ1n) is 7.43. The maximum atomic E-state index is 12.6. The molecule has 0 amide bonds. The molecule has 3 rings (SSSR count). The predicted octanol–water partition coefficient (Wildman–Crippen LogP) is 2.99. The number of sulfonamides is 1. The van der Waals surface area contributed by atoms with Crippen LogP contribution < -0.4 is 4.72 Å². The molecular formula is C17H18N4O2S. The maximum Gasteiger partial charge on any atom is 0.262 e. The van der Waals surface area contributed by atoms with E-state index in [1.54, 1.807) is 43.6 Å². The van der Waals surface area contributed by atoms with E-state index < -0.39 is 10.0 Å². The average Bonchev–Trinajstić information content (AvgIpc) is 2.96. The topological polar surface area (TPSA) is 76.9 Å². The molecule has 2 aromatic heterocycles. The van der Waals surface area contributed by atoms with Crippen molar-refractivity contribution in [1.82, 2.24) is 14.5 Å². The molecule has 0 atom stereocenters. The Morgan fingerprint density at radius 2 is 1.83 bits per heavy atom. The van der Waals surface area contributed by atoms with Gasteiger partial charge in [0.15, 0.2) is 0 Å². The number of nitrogens with zero attached hydrogens (tertiary/aromatic N) is 3. The van der Waals surface area contributed by atoms with E-state index in [1.165, 1.54) is 6.20 Å². The lowest BCUT2D eigenvalue weighted by Gasteiger charge is -2.11. The van der Waals surface area contributed by atoms with Gasteiger partial charge in [-0.1, -0.05) is 12.1 Å². The lowest BCUT2D eigenvalue weighted by Crippen LogP contribution is -2.14. The number of anilines is 1. The summed E-state index contributed by atoms with van der Waals surface area (Å²) >= 11 is 0. The first-order valence-corrected chi connectivity index (χ1v) is 8.91. The zero-order chi connectivity index (χ0) is 17.3. The Hall–Kier alpha value is -2.67. The number of rotatable bonds is 4. The Morgan fingerprint density at radius 1 is 1.04 bits per heavy atom. The van der Waals surface area contributed by atoms with E-state index in [9.17, 15) is 8.42 Å². The summed E-state index contributed by atoms with van der Waals surface area (Å²) in [6.07, 6.45) is 4.99. The molecule has 1 aromatic carbocycles. The third-order valence-corrected chi connectivity index (χ3v) is 5.23. The first kappa shape index (κ1) is 16.2. The standard InChI is InChI=1S/C17H18N4O2S/c1-12-4-5-13(2)16(10-12)24(22,23)20-15-6-7-17(19-11-15)21-9-8-18-14(21)3/h4-11,20H,1-3H3. The fraction of sp³-hybridized carbons (Fsp3) is 0.176. The number of aromatic nitrogens is 3. The fourth-order valence-corrected chi connectivity index (χ4v) is 3.79. The highest BCUT2D eigenvalue weighted by atomic mass is 32.2. The number of hydrogen-bond donors (Lipinski definition) is 1. The summed E-state index contributed by atoms with van der Waals surface area (Å²) in [5, 5.41) is 0. The van der Waals surface area contributed by atoms with Crippen LogP contribution in [0, 0.1) is 20.8 Å². The number of imidazole rings is 1. The number of pyridine rings is 1. The third kappa shape index (κ3) is 3.16. The Morgan fingerprint density at radius 3 is 2.46 bits per heavy atom. The van der Waals surface area contributed by atoms with Gasteiger partial charge in [-0.15, -0.1) is 0 Å². The van der Waals surface area contributed by atoms with Crippen molar-refractivity contribution in [3.8, 4) is 5.82 Å². The summed E-state index contributed by atoms with van der Waals surface area (Å²) in [4.78, 5) is 8.71. The van der Waals surface area contributed by atoms with Gasteiger partial charge < -0.3 is 0 Å². The summed E-state index contributed by atoms with van der Waals surface area (Å²) in [5.41, 5.74) is 2.01. The van der Waals surface area contributed by atoms with Crippen LogP contribution in [0.3, 0.4) is 0 Å². The van der Waals surface area contributed by atoms with E-state index in [0.29, 0.717) is 17.1 Å². The van der Waals surface area contributed by atoms with Gasteiger partial charge in [-0.2, -0.15) is 0 Å². The van der Waals surface area contributed by atoms with Crippen molar-refractivity contribution >= 4 is 15.7 Å². The summed E-state index contributed by atoms with van der Waals surface area (Å²) in [6, 6.07) is 8.78. The molecule has 3 aromatic rings. The van der Waals surface area contributed by atoms with Gasteiger partial charge in [0.1, 0.15) is 11.6 Å². The van der Waals surface area contributed by atoms with Crippen molar-refractivity contribution in [2.45, 2.75) is 25.7 Å². The lowest BCUT2D eigenvalue weighted by molar-refractivity contribution is 0.600. The molecule has 0 aliphatic heterocycles. The second kappa shape index (κ2) is 6.09. The second-order valence-corrected chi connectivity index (χ2v) is 7.27. The van der Waals surface area contributed by atoms with Gasteiger partial charge >= 0.3 is 0 Å². The van der Waals surface area contributed by atoms with Crippen molar-refractivity contribution in [3.63, 3.8) is 0 Å². The minimum absolute atomic E-state index is 0.275. The van der Waals surface area contributed by atoms with Crippen LogP contribution >= 0.6 is 0 Å². The Labute approximate surface area is 141 Å². The molecule has 0 saturated heterocycles.